The second-order valence-electron chi connectivity index (χ2n) is 6.46. The first-order chi connectivity index (χ1) is 15.2. The van der Waals surface area contributed by atoms with E-state index in [-0.39, 0.29) is 31.3 Å². The van der Waals surface area contributed by atoms with E-state index < -0.39 is 29.9 Å². The zero-order chi connectivity index (χ0) is 24.6. The summed E-state index contributed by atoms with van der Waals surface area (Å²) in [6.07, 6.45) is 3.53. The van der Waals surface area contributed by atoms with Gasteiger partial charge in [0.15, 0.2) is 11.5 Å². The van der Waals surface area contributed by atoms with Gasteiger partial charge in [0.25, 0.3) is 0 Å². The van der Waals surface area contributed by atoms with E-state index in [0.29, 0.717) is 13.0 Å². The van der Waals surface area contributed by atoms with E-state index >= 15 is 0 Å². The van der Waals surface area contributed by atoms with Crippen molar-refractivity contribution in [1.82, 2.24) is 0 Å². The molecule has 10 heteroatoms. The zero-order valence-electron chi connectivity index (χ0n) is 17.7. The molecule has 0 atom stereocenters. The zero-order valence-corrected chi connectivity index (χ0v) is 17.7. The SMILES string of the molecule is C=CC(=O)OCC(CO)(COC(=O)C=C)COC(=O)C=C.NCCc1ccc(O)c(O)c1. The summed E-state index contributed by atoms with van der Waals surface area (Å²) < 4.78 is 14.5. The maximum absolute atomic E-state index is 11.1. The summed E-state index contributed by atoms with van der Waals surface area (Å²) in [6.45, 7) is 8.69. The Balaban J connectivity index is 0.000000726. The normalized spacial score (nSPS) is 10.1. The van der Waals surface area contributed by atoms with Crippen LogP contribution >= 0.6 is 0 Å². The first-order valence-corrected chi connectivity index (χ1v) is 9.36. The molecule has 0 aliphatic carbocycles. The summed E-state index contributed by atoms with van der Waals surface area (Å²) in [7, 11) is 0. The Morgan fingerprint density at radius 3 is 1.62 bits per heavy atom. The predicted octanol–water partition coefficient (Wildman–Crippen LogP) is 0.752. The van der Waals surface area contributed by atoms with Gasteiger partial charge < -0.3 is 35.3 Å². The molecule has 0 fully saturated rings. The lowest BCUT2D eigenvalue weighted by molar-refractivity contribution is -0.159. The highest BCUT2D eigenvalue weighted by Crippen LogP contribution is 2.24. The van der Waals surface area contributed by atoms with Crippen LogP contribution in [0, 0.1) is 5.41 Å². The Bertz CT molecular complexity index is 745. The van der Waals surface area contributed by atoms with Crippen molar-refractivity contribution in [2.45, 2.75) is 6.42 Å². The van der Waals surface area contributed by atoms with E-state index in [2.05, 4.69) is 19.7 Å². The highest BCUT2D eigenvalue weighted by atomic mass is 16.6. The molecule has 0 heterocycles. The Kier molecular flexibility index (Phi) is 13.5. The molecule has 32 heavy (non-hydrogen) atoms. The molecule has 176 valence electrons. The molecule has 1 aromatic rings. The predicted molar refractivity (Wildman–Crippen MR) is 116 cm³/mol. The Labute approximate surface area is 186 Å². The smallest absolute Gasteiger partial charge is 0.330 e. The van der Waals surface area contributed by atoms with E-state index in [1.807, 2.05) is 0 Å². The van der Waals surface area contributed by atoms with E-state index in [0.717, 1.165) is 23.8 Å². The van der Waals surface area contributed by atoms with Crippen molar-refractivity contribution in [3.05, 3.63) is 61.7 Å². The lowest BCUT2D eigenvalue weighted by Crippen LogP contribution is -2.42. The third-order valence-electron chi connectivity index (χ3n) is 3.87. The summed E-state index contributed by atoms with van der Waals surface area (Å²) in [5, 5.41) is 27.4. The second-order valence-corrected chi connectivity index (χ2v) is 6.46. The third-order valence-corrected chi connectivity index (χ3v) is 3.87. The van der Waals surface area contributed by atoms with Gasteiger partial charge in [0.05, 0.1) is 12.0 Å². The number of phenols is 2. The summed E-state index contributed by atoms with van der Waals surface area (Å²) in [5.74, 6) is -2.35. The minimum atomic E-state index is -1.28. The van der Waals surface area contributed by atoms with Crippen LogP contribution in [0.3, 0.4) is 0 Å². The molecule has 0 unspecified atom stereocenters. The highest BCUT2D eigenvalue weighted by Gasteiger charge is 2.35. The van der Waals surface area contributed by atoms with Crippen LogP contribution in [0.25, 0.3) is 0 Å². The molecule has 0 amide bonds. The van der Waals surface area contributed by atoms with Crippen LogP contribution in [0.1, 0.15) is 5.56 Å². The molecule has 0 aromatic heterocycles. The average Bonchev–Trinajstić information content (AvgIpc) is 2.81. The van der Waals surface area contributed by atoms with Gasteiger partial charge in [0, 0.05) is 18.2 Å². The van der Waals surface area contributed by atoms with Crippen molar-refractivity contribution in [2.75, 3.05) is 33.0 Å². The summed E-state index contributed by atoms with van der Waals surface area (Å²) >= 11 is 0. The van der Waals surface area contributed by atoms with Gasteiger partial charge in [0.2, 0.25) is 0 Å². The van der Waals surface area contributed by atoms with Crippen LogP contribution in [-0.4, -0.2) is 66.2 Å². The minimum absolute atomic E-state index is 0.0871. The third kappa shape index (κ3) is 11.0. The van der Waals surface area contributed by atoms with Crippen molar-refractivity contribution < 1.29 is 43.9 Å². The molecule has 0 aliphatic heterocycles. The molecular formula is C22H29NO9. The van der Waals surface area contributed by atoms with Gasteiger partial charge in [0.1, 0.15) is 19.8 Å². The fourth-order valence-electron chi connectivity index (χ4n) is 2.00. The Morgan fingerprint density at radius 1 is 0.875 bits per heavy atom. The fraction of sp³-hybridized carbons (Fsp3) is 0.318. The highest BCUT2D eigenvalue weighted by molar-refractivity contribution is 5.82. The molecule has 0 radical (unpaired) electrons. The van der Waals surface area contributed by atoms with Crippen LogP contribution in [-0.2, 0) is 35.0 Å². The number of benzene rings is 1. The quantitative estimate of drug-likeness (QED) is 0.154. The molecule has 0 spiro atoms. The van der Waals surface area contributed by atoms with Gasteiger partial charge in [-0.25, -0.2) is 14.4 Å². The molecule has 10 nitrogen and oxygen atoms in total. The van der Waals surface area contributed by atoms with Crippen LogP contribution in [0.2, 0.25) is 0 Å². The number of aliphatic hydroxyl groups is 1. The lowest BCUT2D eigenvalue weighted by atomic mass is 9.92. The number of phenolic OH excluding ortho intramolecular Hbond substituents is 2. The van der Waals surface area contributed by atoms with E-state index in [9.17, 15) is 19.5 Å². The van der Waals surface area contributed by atoms with Crippen LogP contribution in [0.5, 0.6) is 11.5 Å². The maximum Gasteiger partial charge on any atom is 0.330 e. The average molecular weight is 451 g/mol. The first-order valence-electron chi connectivity index (χ1n) is 9.36. The molecule has 1 aromatic carbocycles. The number of nitrogens with two attached hydrogens (primary N) is 1. The summed E-state index contributed by atoms with van der Waals surface area (Å²) in [4.78, 5) is 33.3. The number of esters is 3. The van der Waals surface area contributed by atoms with Crippen molar-refractivity contribution >= 4 is 17.9 Å². The Morgan fingerprint density at radius 2 is 1.31 bits per heavy atom. The van der Waals surface area contributed by atoms with Gasteiger partial charge in [-0.2, -0.15) is 0 Å². The maximum atomic E-state index is 11.1. The molecule has 1 rings (SSSR count). The number of hydrogen-bond donors (Lipinski definition) is 4. The standard InChI is InChI=1S/C14H18O7.C8H11NO2/c1-4-11(16)19-8-14(7-15,9-20-12(17)5-2)10-21-13(18)6-3;9-4-3-6-1-2-7(10)8(11)5-6/h4-6,15H,1-3,7-10H2;1-2,5,10-11H,3-4,9H2. The summed E-state index contributed by atoms with van der Waals surface area (Å²) in [5.41, 5.74) is 4.96. The first kappa shape index (κ1) is 28.4. The number of ether oxygens (including phenoxy) is 3. The van der Waals surface area contributed by atoms with Crippen molar-refractivity contribution in [2.24, 2.45) is 11.1 Å². The van der Waals surface area contributed by atoms with Crippen molar-refractivity contribution in [3.63, 3.8) is 0 Å². The number of carbonyl (C=O) groups excluding carboxylic acids is 3. The van der Waals surface area contributed by atoms with E-state index in [4.69, 9.17) is 30.2 Å². The minimum Gasteiger partial charge on any atom is -0.504 e. The number of aliphatic hydroxyl groups excluding tert-OH is 1. The largest absolute Gasteiger partial charge is 0.504 e. The number of carbonyl (C=O) groups is 3. The van der Waals surface area contributed by atoms with Crippen molar-refractivity contribution in [3.8, 4) is 11.5 Å². The van der Waals surface area contributed by atoms with Gasteiger partial charge in [-0.3, -0.25) is 0 Å². The van der Waals surface area contributed by atoms with Crippen LogP contribution < -0.4 is 5.73 Å². The lowest BCUT2D eigenvalue weighted by Gasteiger charge is -2.29. The van der Waals surface area contributed by atoms with E-state index in [1.54, 1.807) is 6.07 Å². The van der Waals surface area contributed by atoms with E-state index in [1.165, 1.54) is 12.1 Å². The van der Waals surface area contributed by atoms with Gasteiger partial charge >= 0.3 is 17.9 Å². The molecule has 0 aliphatic rings. The number of rotatable bonds is 12. The van der Waals surface area contributed by atoms with Crippen LogP contribution in [0.15, 0.2) is 56.2 Å². The second kappa shape index (κ2) is 15.2. The Hall–Kier alpha value is -3.63. The monoisotopic (exact) mass is 451 g/mol. The molecule has 0 saturated heterocycles. The number of aromatic hydroxyl groups is 2. The van der Waals surface area contributed by atoms with Gasteiger partial charge in [-0.15, -0.1) is 0 Å². The van der Waals surface area contributed by atoms with Crippen LogP contribution in [0.4, 0.5) is 0 Å². The molecule has 0 bridgehead atoms. The fourth-order valence-corrected chi connectivity index (χ4v) is 2.00. The molecule has 5 N–H and O–H groups in total. The van der Waals surface area contributed by atoms with Gasteiger partial charge in [-0.05, 0) is 30.7 Å². The number of hydrogen-bond acceptors (Lipinski definition) is 10. The topological polar surface area (TPSA) is 166 Å². The molecule has 0 saturated carbocycles. The van der Waals surface area contributed by atoms with Crippen molar-refractivity contribution in [1.29, 1.82) is 0 Å². The van der Waals surface area contributed by atoms with Gasteiger partial charge in [-0.1, -0.05) is 25.8 Å². The molecular weight excluding hydrogens is 422 g/mol. The summed E-state index contributed by atoms with van der Waals surface area (Å²) in [6, 6.07) is 4.71.